The standard InChI is InChI=1S/C14H27N3O2/c1-2-14(5-3-7-16-14)13(18)15-6-4-8-17-9-11-19-12-10-17/h16H,2-12H2,1H3,(H,15,18). The van der Waals surface area contributed by atoms with Gasteiger partial charge in [0.15, 0.2) is 0 Å². The quantitative estimate of drug-likeness (QED) is 0.684. The second kappa shape index (κ2) is 7.22. The molecule has 2 N–H and O–H groups in total. The van der Waals surface area contributed by atoms with Crippen LogP contribution < -0.4 is 10.6 Å². The molecule has 0 radical (unpaired) electrons. The normalized spacial score (nSPS) is 28.5. The molecule has 0 aliphatic carbocycles. The molecule has 2 aliphatic rings. The third-order valence-corrected chi connectivity index (χ3v) is 4.32. The van der Waals surface area contributed by atoms with Crippen LogP contribution in [0.4, 0.5) is 0 Å². The predicted octanol–water partition coefficient (Wildman–Crippen LogP) is 0.357. The van der Waals surface area contributed by atoms with Crippen LogP contribution in [-0.4, -0.2) is 62.3 Å². The minimum Gasteiger partial charge on any atom is -0.379 e. The number of nitrogens with zero attached hydrogens (tertiary/aromatic N) is 1. The molecule has 110 valence electrons. The van der Waals surface area contributed by atoms with Crippen molar-refractivity contribution < 1.29 is 9.53 Å². The highest BCUT2D eigenvalue weighted by molar-refractivity contribution is 5.86. The van der Waals surface area contributed by atoms with E-state index in [1.165, 1.54) is 0 Å². The second-order valence-electron chi connectivity index (χ2n) is 5.53. The molecule has 0 saturated carbocycles. The van der Waals surface area contributed by atoms with Gasteiger partial charge in [-0.05, 0) is 38.8 Å². The van der Waals surface area contributed by atoms with Gasteiger partial charge in [-0.25, -0.2) is 0 Å². The lowest BCUT2D eigenvalue weighted by atomic mass is 9.93. The van der Waals surface area contributed by atoms with Gasteiger partial charge in [-0.1, -0.05) is 6.92 Å². The smallest absolute Gasteiger partial charge is 0.240 e. The van der Waals surface area contributed by atoms with Gasteiger partial charge in [0.1, 0.15) is 0 Å². The Balaban J connectivity index is 1.63. The first-order valence-corrected chi connectivity index (χ1v) is 7.60. The molecule has 5 nitrogen and oxygen atoms in total. The van der Waals surface area contributed by atoms with E-state index in [2.05, 4.69) is 22.5 Å². The molecule has 1 amide bonds. The largest absolute Gasteiger partial charge is 0.379 e. The molecule has 19 heavy (non-hydrogen) atoms. The molecule has 1 atom stereocenters. The van der Waals surface area contributed by atoms with Gasteiger partial charge in [-0.2, -0.15) is 0 Å². The van der Waals surface area contributed by atoms with Crippen molar-refractivity contribution in [2.75, 3.05) is 45.9 Å². The van der Waals surface area contributed by atoms with Crippen LogP contribution in [0.3, 0.4) is 0 Å². The second-order valence-corrected chi connectivity index (χ2v) is 5.53. The lowest BCUT2D eigenvalue weighted by Gasteiger charge is -2.28. The predicted molar refractivity (Wildman–Crippen MR) is 75.1 cm³/mol. The summed E-state index contributed by atoms with van der Waals surface area (Å²) in [6.45, 7) is 8.61. The van der Waals surface area contributed by atoms with Crippen LogP contribution in [0.2, 0.25) is 0 Å². The Bertz CT molecular complexity index is 284. The zero-order valence-corrected chi connectivity index (χ0v) is 12.0. The molecular weight excluding hydrogens is 242 g/mol. The number of hydrogen-bond acceptors (Lipinski definition) is 4. The fourth-order valence-electron chi connectivity index (χ4n) is 2.96. The van der Waals surface area contributed by atoms with Crippen molar-refractivity contribution in [1.29, 1.82) is 0 Å². The molecule has 2 aliphatic heterocycles. The van der Waals surface area contributed by atoms with E-state index in [-0.39, 0.29) is 11.4 Å². The van der Waals surface area contributed by atoms with Crippen molar-refractivity contribution in [3.63, 3.8) is 0 Å². The third-order valence-electron chi connectivity index (χ3n) is 4.32. The summed E-state index contributed by atoms with van der Waals surface area (Å²) in [5.74, 6) is 0.189. The molecule has 5 heteroatoms. The fourth-order valence-corrected chi connectivity index (χ4v) is 2.96. The number of nitrogens with one attached hydrogen (secondary N) is 2. The molecule has 2 saturated heterocycles. The highest BCUT2D eigenvalue weighted by Crippen LogP contribution is 2.22. The zero-order valence-electron chi connectivity index (χ0n) is 12.0. The summed E-state index contributed by atoms with van der Waals surface area (Å²) in [6, 6.07) is 0. The minimum atomic E-state index is -0.293. The van der Waals surface area contributed by atoms with Crippen LogP contribution in [0.1, 0.15) is 32.6 Å². The SMILES string of the molecule is CCC1(C(=O)NCCCN2CCOCC2)CCCN1. The van der Waals surface area contributed by atoms with Gasteiger partial charge >= 0.3 is 0 Å². The van der Waals surface area contributed by atoms with Gasteiger partial charge in [0.2, 0.25) is 5.91 Å². The Kier molecular flexibility index (Phi) is 5.60. The van der Waals surface area contributed by atoms with E-state index in [9.17, 15) is 4.79 Å². The molecule has 0 aromatic rings. The lowest BCUT2D eigenvalue weighted by molar-refractivity contribution is -0.127. The van der Waals surface area contributed by atoms with E-state index in [4.69, 9.17) is 4.74 Å². The molecule has 2 heterocycles. The maximum Gasteiger partial charge on any atom is 0.240 e. The Morgan fingerprint density at radius 2 is 2.21 bits per heavy atom. The summed E-state index contributed by atoms with van der Waals surface area (Å²) in [6.07, 6.45) is 3.97. The number of carbonyl (C=O) groups is 1. The van der Waals surface area contributed by atoms with E-state index < -0.39 is 0 Å². The first-order chi connectivity index (χ1) is 9.27. The van der Waals surface area contributed by atoms with Gasteiger partial charge in [0, 0.05) is 19.6 Å². The van der Waals surface area contributed by atoms with Crippen LogP contribution in [0.15, 0.2) is 0 Å². The highest BCUT2D eigenvalue weighted by Gasteiger charge is 2.38. The maximum absolute atomic E-state index is 12.2. The average Bonchev–Trinajstić information content (AvgIpc) is 2.94. The molecule has 0 bridgehead atoms. The zero-order chi connectivity index (χ0) is 13.6. The van der Waals surface area contributed by atoms with Gasteiger partial charge in [-0.3, -0.25) is 9.69 Å². The van der Waals surface area contributed by atoms with Crippen LogP contribution in [0.5, 0.6) is 0 Å². The Morgan fingerprint density at radius 3 is 2.84 bits per heavy atom. The summed E-state index contributed by atoms with van der Waals surface area (Å²) in [5, 5.41) is 6.47. The van der Waals surface area contributed by atoms with E-state index in [0.29, 0.717) is 0 Å². The van der Waals surface area contributed by atoms with Crippen LogP contribution in [0, 0.1) is 0 Å². The van der Waals surface area contributed by atoms with Crippen LogP contribution in [-0.2, 0) is 9.53 Å². The first kappa shape index (κ1) is 14.8. The van der Waals surface area contributed by atoms with Crippen LogP contribution >= 0.6 is 0 Å². The Morgan fingerprint density at radius 1 is 1.42 bits per heavy atom. The number of morpholine rings is 1. The van der Waals surface area contributed by atoms with Gasteiger partial charge < -0.3 is 15.4 Å². The topological polar surface area (TPSA) is 53.6 Å². The van der Waals surface area contributed by atoms with Crippen molar-refractivity contribution in [2.24, 2.45) is 0 Å². The van der Waals surface area contributed by atoms with Crippen molar-refractivity contribution in [1.82, 2.24) is 15.5 Å². The fraction of sp³-hybridized carbons (Fsp3) is 0.929. The first-order valence-electron chi connectivity index (χ1n) is 7.60. The molecule has 1 unspecified atom stereocenters. The molecule has 2 fully saturated rings. The molecule has 0 spiro atoms. The molecule has 0 aromatic heterocycles. The number of carbonyl (C=O) groups excluding carboxylic acids is 1. The van der Waals surface area contributed by atoms with Crippen molar-refractivity contribution in [3.8, 4) is 0 Å². The van der Waals surface area contributed by atoms with Crippen molar-refractivity contribution in [2.45, 2.75) is 38.1 Å². The van der Waals surface area contributed by atoms with E-state index in [1.807, 2.05) is 0 Å². The maximum atomic E-state index is 12.2. The summed E-state index contributed by atoms with van der Waals surface area (Å²) in [4.78, 5) is 14.6. The van der Waals surface area contributed by atoms with Gasteiger partial charge in [-0.15, -0.1) is 0 Å². The molecular formula is C14H27N3O2. The van der Waals surface area contributed by atoms with E-state index >= 15 is 0 Å². The number of ether oxygens (including phenoxy) is 1. The van der Waals surface area contributed by atoms with Gasteiger partial charge in [0.05, 0.1) is 18.8 Å². The van der Waals surface area contributed by atoms with Crippen molar-refractivity contribution in [3.05, 3.63) is 0 Å². The third kappa shape index (κ3) is 3.91. The number of rotatable bonds is 6. The molecule has 2 rings (SSSR count). The number of amides is 1. The Labute approximate surface area is 116 Å². The summed E-state index contributed by atoms with van der Waals surface area (Å²) in [5.41, 5.74) is -0.293. The summed E-state index contributed by atoms with van der Waals surface area (Å²) in [7, 11) is 0. The average molecular weight is 269 g/mol. The minimum absolute atomic E-state index is 0.189. The Hall–Kier alpha value is -0.650. The van der Waals surface area contributed by atoms with Gasteiger partial charge in [0.25, 0.3) is 0 Å². The summed E-state index contributed by atoms with van der Waals surface area (Å²) >= 11 is 0. The van der Waals surface area contributed by atoms with E-state index in [0.717, 1.165) is 71.6 Å². The number of hydrogen-bond donors (Lipinski definition) is 2. The van der Waals surface area contributed by atoms with Crippen molar-refractivity contribution >= 4 is 5.91 Å². The monoisotopic (exact) mass is 269 g/mol. The lowest BCUT2D eigenvalue weighted by Crippen LogP contribution is -2.53. The van der Waals surface area contributed by atoms with E-state index in [1.54, 1.807) is 0 Å². The molecule has 0 aromatic carbocycles. The van der Waals surface area contributed by atoms with Crippen LogP contribution in [0.25, 0.3) is 0 Å². The highest BCUT2D eigenvalue weighted by atomic mass is 16.5. The summed E-state index contributed by atoms with van der Waals surface area (Å²) < 4.78 is 5.32.